The topological polar surface area (TPSA) is 55.1 Å². The highest BCUT2D eigenvalue weighted by Crippen LogP contribution is 2.31. The number of amides is 1. The molecule has 1 aromatic carbocycles. The van der Waals surface area contributed by atoms with Crippen LogP contribution in [0.4, 0.5) is 5.69 Å². The van der Waals surface area contributed by atoms with Crippen molar-refractivity contribution in [3.8, 4) is 0 Å². The SMILES string of the molecule is Nc1ccc2c(c1)CCCC2NC(=O)CC1CCCCCC1. The van der Waals surface area contributed by atoms with Gasteiger partial charge in [0.25, 0.3) is 0 Å². The molecule has 22 heavy (non-hydrogen) atoms. The molecule has 1 amide bonds. The first-order chi connectivity index (χ1) is 10.7. The van der Waals surface area contributed by atoms with Crippen LogP contribution >= 0.6 is 0 Å². The van der Waals surface area contributed by atoms with E-state index in [1.54, 1.807) is 0 Å². The standard InChI is InChI=1S/C19H28N2O/c20-16-10-11-17-15(13-16)8-5-9-18(17)21-19(22)12-14-6-3-1-2-4-7-14/h10-11,13-14,18H,1-9,12,20H2,(H,21,22). The minimum Gasteiger partial charge on any atom is -0.399 e. The summed E-state index contributed by atoms with van der Waals surface area (Å²) in [5.74, 6) is 0.832. The largest absolute Gasteiger partial charge is 0.399 e. The average molecular weight is 300 g/mol. The van der Waals surface area contributed by atoms with Gasteiger partial charge in [-0.3, -0.25) is 4.79 Å². The summed E-state index contributed by atoms with van der Waals surface area (Å²) < 4.78 is 0. The van der Waals surface area contributed by atoms with Crippen molar-refractivity contribution in [1.82, 2.24) is 5.32 Å². The predicted molar refractivity (Wildman–Crippen MR) is 90.5 cm³/mol. The molecule has 120 valence electrons. The van der Waals surface area contributed by atoms with Crippen LogP contribution in [-0.4, -0.2) is 5.91 Å². The molecule has 2 aliphatic carbocycles. The molecule has 2 aliphatic rings. The maximum Gasteiger partial charge on any atom is 0.220 e. The smallest absolute Gasteiger partial charge is 0.220 e. The fourth-order valence-electron chi connectivity index (χ4n) is 4.07. The third kappa shape index (κ3) is 3.82. The lowest BCUT2D eigenvalue weighted by Gasteiger charge is -2.27. The number of rotatable bonds is 3. The second-order valence-corrected chi connectivity index (χ2v) is 7.03. The van der Waals surface area contributed by atoms with E-state index in [1.165, 1.54) is 49.7 Å². The van der Waals surface area contributed by atoms with Crippen LogP contribution < -0.4 is 11.1 Å². The minimum atomic E-state index is 0.183. The number of nitrogens with one attached hydrogen (secondary N) is 1. The van der Waals surface area contributed by atoms with Gasteiger partial charge in [-0.25, -0.2) is 0 Å². The molecular weight excluding hydrogens is 272 g/mol. The fourth-order valence-corrected chi connectivity index (χ4v) is 4.07. The Labute approximate surface area is 133 Å². The average Bonchev–Trinajstić information content (AvgIpc) is 2.75. The van der Waals surface area contributed by atoms with Crippen molar-refractivity contribution >= 4 is 11.6 Å². The summed E-state index contributed by atoms with van der Waals surface area (Å²) in [4.78, 5) is 12.4. The Kier molecular flexibility index (Phi) is 5.01. The molecule has 3 nitrogen and oxygen atoms in total. The normalized spacial score (nSPS) is 22.6. The highest BCUT2D eigenvalue weighted by atomic mass is 16.1. The lowest BCUT2D eigenvalue weighted by molar-refractivity contribution is -0.123. The van der Waals surface area contributed by atoms with Gasteiger partial charge in [-0.2, -0.15) is 0 Å². The predicted octanol–water partition coefficient (Wildman–Crippen LogP) is 4.12. The Morgan fingerprint density at radius 1 is 1.09 bits per heavy atom. The first-order valence-electron chi connectivity index (χ1n) is 8.90. The molecule has 0 radical (unpaired) electrons. The monoisotopic (exact) mass is 300 g/mol. The van der Waals surface area contributed by atoms with E-state index in [-0.39, 0.29) is 11.9 Å². The Morgan fingerprint density at radius 3 is 2.64 bits per heavy atom. The summed E-state index contributed by atoms with van der Waals surface area (Å²) in [7, 11) is 0. The Hall–Kier alpha value is -1.51. The van der Waals surface area contributed by atoms with Gasteiger partial charge in [0.2, 0.25) is 5.91 Å². The zero-order valence-electron chi connectivity index (χ0n) is 13.4. The van der Waals surface area contributed by atoms with Crippen LogP contribution in [0.2, 0.25) is 0 Å². The number of carbonyl (C=O) groups is 1. The third-order valence-corrected chi connectivity index (χ3v) is 5.27. The summed E-state index contributed by atoms with van der Waals surface area (Å²) in [6.45, 7) is 0. The number of carbonyl (C=O) groups excluding carboxylic acids is 1. The van der Waals surface area contributed by atoms with Crippen LogP contribution in [0.15, 0.2) is 18.2 Å². The van der Waals surface area contributed by atoms with Gasteiger partial charge in [-0.1, -0.05) is 31.7 Å². The number of nitrogen functional groups attached to an aromatic ring is 1. The second kappa shape index (κ2) is 7.17. The van der Waals surface area contributed by atoms with Crippen LogP contribution in [0.5, 0.6) is 0 Å². The summed E-state index contributed by atoms with van der Waals surface area (Å²) in [6.07, 6.45) is 11.7. The van der Waals surface area contributed by atoms with Gasteiger partial charge in [0.05, 0.1) is 6.04 Å². The van der Waals surface area contributed by atoms with E-state index in [4.69, 9.17) is 5.73 Å². The maximum absolute atomic E-state index is 12.4. The van der Waals surface area contributed by atoms with Gasteiger partial charge in [0.1, 0.15) is 0 Å². The Morgan fingerprint density at radius 2 is 1.86 bits per heavy atom. The summed E-state index contributed by atoms with van der Waals surface area (Å²) in [6, 6.07) is 6.30. The number of hydrogen-bond donors (Lipinski definition) is 2. The summed E-state index contributed by atoms with van der Waals surface area (Å²) in [5, 5.41) is 3.28. The van der Waals surface area contributed by atoms with E-state index < -0.39 is 0 Å². The van der Waals surface area contributed by atoms with Crippen LogP contribution in [0.1, 0.15) is 75.0 Å². The van der Waals surface area contributed by atoms with E-state index in [0.717, 1.165) is 24.9 Å². The van der Waals surface area contributed by atoms with Gasteiger partial charge >= 0.3 is 0 Å². The minimum absolute atomic E-state index is 0.183. The first-order valence-corrected chi connectivity index (χ1v) is 8.90. The van der Waals surface area contributed by atoms with Crippen molar-refractivity contribution in [2.24, 2.45) is 5.92 Å². The number of nitrogens with two attached hydrogens (primary N) is 1. The van der Waals surface area contributed by atoms with Crippen molar-refractivity contribution in [3.63, 3.8) is 0 Å². The van der Waals surface area contributed by atoms with E-state index in [1.807, 2.05) is 6.07 Å². The van der Waals surface area contributed by atoms with E-state index >= 15 is 0 Å². The quantitative estimate of drug-likeness (QED) is 0.651. The van der Waals surface area contributed by atoms with E-state index in [0.29, 0.717) is 12.3 Å². The molecule has 1 saturated carbocycles. The zero-order chi connectivity index (χ0) is 15.4. The van der Waals surface area contributed by atoms with Crippen molar-refractivity contribution < 1.29 is 4.79 Å². The van der Waals surface area contributed by atoms with Crippen molar-refractivity contribution in [2.75, 3.05) is 5.73 Å². The Bertz CT molecular complexity index is 518. The van der Waals surface area contributed by atoms with Gasteiger partial charge in [0.15, 0.2) is 0 Å². The number of aryl methyl sites for hydroxylation is 1. The van der Waals surface area contributed by atoms with Gasteiger partial charge in [-0.05, 0) is 61.3 Å². The molecule has 0 saturated heterocycles. The number of anilines is 1. The summed E-state index contributed by atoms with van der Waals surface area (Å²) in [5.41, 5.74) is 9.29. The number of hydrogen-bond acceptors (Lipinski definition) is 2. The molecule has 3 N–H and O–H groups in total. The number of fused-ring (bicyclic) bond motifs is 1. The highest BCUT2D eigenvalue weighted by molar-refractivity contribution is 5.76. The van der Waals surface area contributed by atoms with Crippen LogP contribution in [-0.2, 0) is 11.2 Å². The van der Waals surface area contributed by atoms with Crippen molar-refractivity contribution in [1.29, 1.82) is 0 Å². The van der Waals surface area contributed by atoms with E-state index in [9.17, 15) is 4.79 Å². The van der Waals surface area contributed by atoms with Crippen LogP contribution in [0.25, 0.3) is 0 Å². The zero-order valence-corrected chi connectivity index (χ0v) is 13.4. The molecule has 3 rings (SSSR count). The van der Waals surface area contributed by atoms with Crippen LogP contribution in [0, 0.1) is 5.92 Å². The molecule has 0 aromatic heterocycles. The third-order valence-electron chi connectivity index (χ3n) is 5.27. The van der Waals surface area contributed by atoms with Gasteiger partial charge in [0, 0.05) is 12.1 Å². The van der Waals surface area contributed by atoms with Gasteiger partial charge < -0.3 is 11.1 Å². The lowest BCUT2D eigenvalue weighted by Crippen LogP contribution is -2.32. The van der Waals surface area contributed by atoms with Crippen LogP contribution in [0.3, 0.4) is 0 Å². The lowest BCUT2D eigenvalue weighted by atomic mass is 9.87. The second-order valence-electron chi connectivity index (χ2n) is 7.03. The molecular formula is C19H28N2O. The fraction of sp³-hybridized carbons (Fsp3) is 0.632. The number of benzene rings is 1. The molecule has 1 unspecified atom stereocenters. The highest BCUT2D eigenvalue weighted by Gasteiger charge is 2.23. The van der Waals surface area contributed by atoms with Gasteiger partial charge in [-0.15, -0.1) is 0 Å². The molecule has 1 fully saturated rings. The van der Waals surface area contributed by atoms with Crippen molar-refractivity contribution in [2.45, 2.75) is 70.3 Å². The molecule has 1 aromatic rings. The molecule has 3 heteroatoms. The molecule has 1 atom stereocenters. The Balaban J connectivity index is 1.60. The molecule has 0 bridgehead atoms. The first kappa shape index (κ1) is 15.4. The molecule has 0 heterocycles. The summed E-state index contributed by atoms with van der Waals surface area (Å²) >= 11 is 0. The maximum atomic E-state index is 12.4. The van der Waals surface area contributed by atoms with E-state index in [2.05, 4.69) is 17.4 Å². The van der Waals surface area contributed by atoms with Crippen molar-refractivity contribution in [3.05, 3.63) is 29.3 Å². The molecule has 0 spiro atoms. The molecule has 0 aliphatic heterocycles.